The van der Waals surface area contributed by atoms with E-state index < -0.39 is 6.10 Å². The van der Waals surface area contributed by atoms with Gasteiger partial charge in [0.1, 0.15) is 6.10 Å². The lowest BCUT2D eigenvalue weighted by molar-refractivity contribution is -0.270. The molecule has 1 N–H and O–H groups in total. The van der Waals surface area contributed by atoms with Crippen molar-refractivity contribution in [2.45, 2.75) is 33.8 Å². The maximum absolute atomic E-state index is 9.29. The van der Waals surface area contributed by atoms with Gasteiger partial charge in [0, 0.05) is 0 Å². The Kier molecular flexibility index (Phi) is 4.03. The Morgan fingerprint density at radius 1 is 0.842 bits per heavy atom. The molecule has 0 saturated carbocycles. The van der Waals surface area contributed by atoms with E-state index in [0.29, 0.717) is 0 Å². The predicted octanol–water partition coefficient (Wildman–Crippen LogP) is 4.50. The van der Waals surface area contributed by atoms with Crippen LogP contribution >= 0.6 is 0 Å². The van der Waals surface area contributed by atoms with Gasteiger partial charge in [-0.2, -0.15) is 0 Å². The van der Waals surface area contributed by atoms with Crippen molar-refractivity contribution in [3.63, 3.8) is 0 Å². The lowest BCUT2D eigenvalue weighted by Crippen LogP contribution is -2.07. The third-order valence-electron chi connectivity index (χ3n) is 3.87. The normalized spacial score (nSPS) is 12.5. The van der Waals surface area contributed by atoms with Crippen molar-refractivity contribution in [1.29, 1.82) is 0 Å². The first-order chi connectivity index (χ1) is 9.04. The maximum atomic E-state index is 9.29. The molecule has 0 heterocycles. The van der Waals surface area contributed by atoms with Crippen molar-refractivity contribution in [2.75, 3.05) is 0 Å². The van der Waals surface area contributed by atoms with Crippen LogP contribution in [0.2, 0.25) is 0 Å². The molecule has 0 aliphatic carbocycles. The molecule has 0 aliphatic rings. The Balaban J connectivity index is 2.48. The largest absolute Gasteiger partial charge is 0.251 e. The number of aryl methyl sites for hydroxylation is 2. The molecule has 2 nitrogen and oxygen atoms in total. The minimum absolute atomic E-state index is 0.431. The third kappa shape index (κ3) is 2.70. The second-order valence-electron chi connectivity index (χ2n) is 5.12. The van der Waals surface area contributed by atoms with Crippen LogP contribution < -0.4 is 0 Å². The van der Waals surface area contributed by atoms with E-state index in [1.54, 1.807) is 0 Å². The van der Waals surface area contributed by atoms with Gasteiger partial charge in [-0.25, -0.2) is 4.89 Å². The Bertz CT molecular complexity index is 571. The highest BCUT2D eigenvalue weighted by atomic mass is 17.1. The van der Waals surface area contributed by atoms with Gasteiger partial charge in [0.25, 0.3) is 0 Å². The molecule has 2 heteroatoms. The van der Waals surface area contributed by atoms with Crippen molar-refractivity contribution < 1.29 is 10.1 Å². The van der Waals surface area contributed by atoms with Crippen LogP contribution in [0.25, 0.3) is 0 Å². The number of hydrogen-bond acceptors (Lipinski definition) is 2. The topological polar surface area (TPSA) is 29.5 Å². The van der Waals surface area contributed by atoms with E-state index in [4.69, 9.17) is 4.89 Å². The maximum Gasteiger partial charge on any atom is 0.143 e. The number of hydrogen-bond donors (Lipinski definition) is 1. The van der Waals surface area contributed by atoms with Crippen molar-refractivity contribution in [1.82, 2.24) is 0 Å². The molecule has 0 amide bonds. The summed E-state index contributed by atoms with van der Waals surface area (Å²) in [5.41, 5.74) is 6.82. The van der Waals surface area contributed by atoms with Crippen LogP contribution in [0.3, 0.4) is 0 Å². The summed E-state index contributed by atoms with van der Waals surface area (Å²) in [5.74, 6) is 0. The Morgan fingerprint density at radius 2 is 1.47 bits per heavy atom. The van der Waals surface area contributed by atoms with E-state index in [1.807, 2.05) is 37.3 Å². The van der Waals surface area contributed by atoms with E-state index in [0.717, 1.165) is 11.1 Å². The van der Waals surface area contributed by atoms with Crippen molar-refractivity contribution in [3.8, 4) is 0 Å². The van der Waals surface area contributed by atoms with Gasteiger partial charge < -0.3 is 0 Å². The van der Waals surface area contributed by atoms with Crippen LogP contribution in [-0.4, -0.2) is 5.26 Å². The molecule has 0 spiro atoms. The summed E-state index contributed by atoms with van der Waals surface area (Å²) < 4.78 is 0. The minimum atomic E-state index is -0.431. The molecule has 1 unspecified atom stereocenters. The second-order valence-corrected chi connectivity index (χ2v) is 5.12. The standard InChI is InChI=1S/C17H20O2/c1-11-5-8-15(9-6-11)17(19-18)16-10-7-12(2)13(3)14(16)4/h5-10,17-18H,1-4H3. The molecule has 2 aromatic carbocycles. The molecule has 0 bridgehead atoms. The highest BCUT2D eigenvalue weighted by Gasteiger charge is 2.18. The van der Waals surface area contributed by atoms with Gasteiger partial charge in [-0.3, -0.25) is 5.26 Å². The summed E-state index contributed by atoms with van der Waals surface area (Å²) >= 11 is 0. The van der Waals surface area contributed by atoms with Crippen molar-refractivity contribution >= 4 is 0 Å². The van der Waals surface area contributed by atoms with E-state index in [2.05, 4.69) is 26.8 Å². The molecule has 0 aromatic heterocycles. The zero-order valence-electron chi connectivity index (χ0n) is 11.9. The minimum Gasteiger partial charge on any atom is -0.251 e. The summed E-state index contributed by atoms with van der Waals surface area (Å²) in [7, 11) is 0. The summed E-state index contributed by atoms with van der Waals surface area (Å²) in [6, 6.07) is 12.1. The van der Waals surface area contributed by atoms with Gasteiger partial charge in [-0.1, -0.05) is 42.0 Å². The van der Waals surface area contributed by atoms with E-state index in [1.165, 1.54) is 22.3 Å². The lowest BCUT2D eigenvalue weighted by Gasteiger charge is -2.19. The molecule has 2 aromatic rings. The zero-order chi connectivity index (χ0) is 14.0. The van der Waals surface area contributed by atoms with Crippen LogP contribution in [0, 0.1) is 27.7 Å². The molecule has 0 radical (unpaired) electrons. The first kappa shape index (κ1) is 13.8. The quantitative estimate of drug-likeness (QED) is 0.647. The molecule has 100 valence electrons. The molecule has 1 atom stereocenters. The van der Waals surface area contributed by atoms with Gasteiger partial charge in [0.2, 0.25) is 0 Å². The summed E-state index contributed by atoms with van der Waals surface area (Å²) in [4.78, 5) is 4.74. The fourth-order valence-corrected chi connectivity index (χ4v) is 2.30. The molecule has 2 rings (SSSR count). The van der Waals surface area contributed by atoms with Crippen LogP contribution in [0.15, 0.2) is 36.4 Å². The lowest BCUT2D eigenvalue weighted by atomic mass is 9.92. The first-order valence-corrected chi connectivity index (χ1v) is 6.48. The van der Waals surface area contributed by atoms with Gasteiger partial charge >= 0.3 is 0 Å². The highest BCUT2D eigenvalue weighted by molar-refractivity contribution is 5.43. The molecular formula is C17H20O2. The fourth-order valence-electron chi connectivity index (χ4n) is 2.30. The average molecular weight is 256 g/mol. The van der Waals surface area contributed by atoms with Crippen molar-refractivity contribution in [3.05, 3.63) is 69.8 Å². The number of benzene rings is 2. The molecule has 0 saturated heterocycles. The number of rotatable bonds is 3. The average Bonchev–Trinajstić information content (AvgIpc) is 2.41. The summed E-state index contributed by atoms with van der Waals surface area (Å²) in [6.07, 6.45) is -0.431. The van der Waals surface area contributed by atoms with Crippen LogP contribution in [0.4, 0.5) is 0 Å². The van der Waals surface area contributed by atoms with Crippen LogP contribution in [0.5, 0.6) is 0 Å². The molecule has 0 fully saturated rings. The van der Waals surface area contributed by atoms with E-state index in [9.17, 15) is 5.26 Å². The van der Waals surface area contributed by atoms with E-state index in [-0.39, 0.29) is 0 Å². The van der Waals surface area contributed by atoms with Gasteiger partial charge in [-0.05, 0) is 55.5 Å². The predicted molar refractivity (Wildman–Crippen MR) is 77.4 cm³/mol. The molecule has 0 aliphatic heterocycles. The van der Waals surface area contributed by atoms with Gasteiger partial charge in [-0.15, -0.1) is 0 Å². The summed E-state index contributed by atoms with van der Waals surface area (Å²) in [6.45, 7) is 8.29. The second kappa shape index (κ2) is 5.55. The Morgan fingerprint density at radius 3 is 2.05 bits per heavy atom. The Labute approximate surface area is 114 Å². The highest BCUT2D eigenvalue weighted by Crippen LogP contribution is 2.30. The van der Waals surface area contributed by atoms with Crippen molar-refractivity contribution in [2.24, 2.45) is 0 Å². The monoisotopic (exact) mass is 256 g/mol. The smallest absolute Gasteiger partial charge is 0.143 e. The van der Waals surface area contributed by atoms with E-state index >= 15 is 0 Å². The molecular weight excluding hydrogens is 236 g/mol. The first-order valence-electron chi connectivity index (χ1n) is 6.48. The Hall–Kier alpha value is -1.64. The van der Waals surface area contributed by atoms with Gasteiger partial charge in [0.05, 0.1) is 0 Å². The zero-order valence-corrected chi connectivity index (χ0v) is 11.9. The third-order valence-corrected chi connectivity index (χ3v) is 3.87. The molecule has 19 heavy (non-hydrogen) atoms. The van der Waals surface area contributed by atoms with Crippen LogP contribution in [-0.2, 0) is 4.89 Å². The summed E-state index contributed by atoms with van der Waals surface area (Å²) in [5, 5.41) is 9.29. The fraction of sp³-hybridized carbons (Fsp3) is 0.294. The van der Waals surface area contributed by atoms with Gasteiger partial charge in [0.15, 0.2) is 0 Å². The SMILES string of the molecule is Cc1ccc(C(OO)c2ccc(C)c(C)c2C)cc1. The van der Waals surface area contributed by atoms with Crippen LogP contribution in [0.1, 0.15) is 39.5 Å².